The van der Waals surface area contributed by atoms with E-state index < -0.39 is 12.2 Å². The van der Waals surface area contributed by atoms with Gasteiger partial charge in [0.1, 0.15) is 12.4 Å². The maximum atomic E-state index is 10.8. The first kappa shape index (κ1) is 15.2. The summed E-state index contributed by atoms with van der Waals surface area (Å²) in [5.74, 6) is 0.0676. The molecule has 0 aliphatic rings. The Morgan fingerprint density at radius 1 is 1.50 bits per heavy atom. The number of aliphatic hydroxyl groups is 2. The number of thioether (sulfide) groups is 1. The van der Waals surface area contributed by atoms with Gasteiger partial charge in [0, 0.05) is 28.8 Å². The van der Waals surface area contributed by atoms with Crippen molar-refractivity contribution >= 4 is 34.8 Å². The first-order chi connectivity index (χ1) is 8.45. The minimum Gasteiger partial charge on any atom is -0.389 e. The lowest BCUT2D eigenvalue weighted by atomic mass is 10.0. The van der Waals surface area contributed by atoms with Crippen LogP contribution in [0.2, 0.25) is 5.02 Å². The van der Waals surface area contributed by atoms with Crippen molar-refractivity contribution in [3.63, 3.8) is 0 Å². The molecule has 1 rings (SSSR count). The second-order valence-corrected chi connectivity index (χ2v) is 5.32. The van der Waals surface area contributed by atoms with Gasteiger partial charge in [-0.05, 0) is 12.1 Å². The fourth-order valence-electron chi connectivity index (χ4n) is 1.36. The van der Waals surface area contributed by atoms with Crippen molar-refractivity contribution in [1.82, 2.24) is 0 Å². The average molecular weight is 289 g/mol. The molecular weight excluding hydrogens is 276 g/mol. The van der Waals surface area contributed by atoms with Gasteiger partial charge in [0.2, 0.25) is 0 Å². The van der Waals surface area contributed by atoms with Gasteiger partial charge in [-0.1, -0.05) is 29.4 Å². The summed E-state index contributed by atoms with van der Waals surface area (Å²) in [6, 6.07) is 4.42. The van der Waals surface area contributed by atoms with Crippen LogP contribution in [0.3, 0.4) is 0 Å². The number of aliphatic hydroxyl groups excluding tert-OH is 2. The molecule has 0 aliphatic carbocycles. The van der Waals surface area contributed by atoms with E-state index in [1.165, 1.54) is 25.1 Å². The highest BCUT2D eigenvalue weighted by Crippen LogP contribution is 2.27. The maximum Gasteiger partial charge on any atom is 0.185 e. The van der Waals surface area contributed by atoms with Crippen LogP contribution >= 0.6 is 23.4 Å². The first-order valence-corrected chi connectivity index (χ1v) is 6.56. The molecule has 6 heteroatoms. The first-order valence-electron chi connectivity index (χ1n) is 5.19. The number of hydrogen-bond donors (Lipinski definition) is 2. The molecule has 98 valence electrons. The Bertz CT molecular complexity index is 450. The highest BCUT2D eigenvalue weighted by molar-refractivity contribution is 8.13. The zero-order valence-electron chi connectivity index (χ0n) is 9.67. The third kappa shape index (κ3) is 4.10. The van der Waals surface area contributed by atoms with Gasteiger partial charge in [-0.3, -0.25) is 9.59 Å². The Morgan fingerprint density at radius 3 is 2.72 bits per heavy atom. The highest BCUT2D eigenvalue weighted by Gasteiger charge is 2.21. The van der Waals surface area contributed by atoms with Crippen molar-refractivity contribution in [2.45, 2.75) is 19.1 Å². The van der Waals surface area contributed by atoms with Gasteiger partial charge in [0.25, 0.3) is 0 Å². The molecule has 0 bridgehead atoms. The van der Waals surface area contributed by atoms with Crippen LogP contribution in [-0.4, -0.2) is 33.5 Å². The van der Waals surface area contributed by atoms with E-state index in [9.17, 15) is 19.8 Å². The number of rotatable bonds is 5. The van der Waals surface area contributed by atoms with E-state index in [2.05, 4.69) is 0 Å². The summed E-state index contributed by atoms with van der Waals surface area (Å²) in [5.41, 5.74) is 0.637. The monoisotopic (exact) mass is 288 g/mol. The van der Waals surface area contributed by atoms with E-state index in [4.69, 9.17) is 11.6 Å². The molecule has 4 nitrogen and oxygen atoms in total. The van der Waals surface area contributed by atoms with Gasteiger partial charge in [0.15, 0.2) is 5.12 Å². The molecular formula is C12H13ClO4S. The second kappa shape index (κ2) is 6.89. The van der Waals surface area contributed by atoms with E-state index in [1.807, 2.05) is 0 Å². The number of halogens is 1. The number of benzene rings is 1. The van der Waals surface area contributed by atoms with E-state index >= 15 is 0 Å². The van der Waals surface area contributed by atoms with Gasteiger partial charge in [-0.15, -0.1) is 0 Å². The zero-order valence-corrected chi connectivity index (χ0v) is 11.2. The smallest absolute Gasteiger partial charge is 0.185 e. The molecule has 18 heavy (non-hydrogen) atoms. The number of hydrogen-bond acceptors (Lipinski definition) is 5. The van der Waals surface area contributed by atoms with Crippen molar-refractivity contribution in [2.75, 3.05) is 5.75 Å². The lowest BCUT2D eigenvalue weighted by Crippen LogP contribution is -2.21. The van der Waals surface area contributed by atoms with E-state index in [-0.39, 0.29) is 21.5 Å². The van der Waals surface area contributed by atoms with Crippen molar-refractivity contribution in [3.8, 4) is 0 Å². The molecule has 0 saturated heterocycles. The van der Waals surface area contributed by atoms with Gasteiger partial charge < -0.3 is 10.2 Å². The summed E-state index contributed by atoms with van der Waals surface area (Å²) in [7, 11) is 0. The van der Waals surface area contributed by atoms with Gasteiger partial charge >= 0.3 is 0 Å². The average Bonchev–Trinajstić information content (AvgIpc) is 2.35. The molecule has 2 N–H and O–H groups in total. The Morgan fingerprint density at radius 2 is 2.17 bits per heavy atom. The Balaban J connectivity index is 2.84. The summed E-state index contributed by atoms with van der Waals surface area (Å²) < 4.78 is 0. The minimum atomic E-state index is -1.23. The fourth-order valence-corrected chi connectivity index (χ4v) is 2.18. The summed E-state index contributed by atoms with van der Waals surface area (Å²) in [4.78, 5) is 21.4. The summed E-state index contributed by atoms with van der Waals surface area (Å²) in [6.07, 6.45) is -1.73. The molecule has 0 fully saturated rings. The highest BCUT2D eigenvalue weighted by atomic mass is 35.5. The number of carbonyl (C=O) groups excluding carboxylic acids is 2. The fraction of sp³-hybridized carbons (Fsp3) is 0.333. The van der Waals surface area contributed by atoms with Crippen molar-refractivity contribution in [2.24, 2.45) is 0 Å². The summed E-state index contributed by atoms with van der Waals surface area (Å²) in [5, 5.41) is 19.8. The topological polar surface area (TPSA) is 74.6 Å². The molecule has 1 aromatic carbocycles. The molecule has 2 unspecified atom stereocenters. The van der Waals surface area contributed by atoms with Gasteiger partial charge in [-0.25, -0.2) is 0 Å². The molecule has 0 aliphatic heterocycles. The van der Waals surface area contributed by atoms with Crippen molar-refractivity contribution < 1.29 is 19.8 Å². The predicted molar refractivity (Wildman–Crippen MR) is 70.9 cm³/mol. The van der Waals surface area contributed by atoms with Crippen molar-refractivity contribution in [1.29, 1.82) is 0 Å². The zero-order chi connectivity index (χ0) is 13.7. The molecule has 0 heterocycles. The molecule has 2 atom stereocenters. The second-order valence-electron chi connectivity index (χ2n) is 3.71. The SMILES string of the molecule is CC(=O)SCC(O)C(O)c1cc(C=O)ccc1Cl. The van der Waals surface area contributed by atoms with Crippen LogP contribution < -0.4 is 0 Å². The molecule has 0 saturated carbocycles. The summed E-state index contributed by atoms with van der Waals surface area (Å²) in [6.45, 7) is 1.38. The normalized spacial score (nSPS) is 14.0. The largest absolute Gasteiger partial charge is 0.389 e. The minimum absolute atomic E-state index is 0.0676. The van der Waals surface area contributed by atoms with E-state index in [0.29, 0.717) is 11.8 Å². The van der Waals surface area contributed by atoms with Crippen molar-refractivity contribution in [3.05, 3.63) is 34.3 Å². The number of carbonyl (C=O) groups is 2. The lowest BCUT2D eigenvalue weighted by molar-refractivity contribution is -0.109. The molecule has 0 aromatic heterocycles. The van der Waals surface area contributed by atoms with Crippen LogP contribution in [0.25, 0.3) is 0 Å². The van der Waals surface area contributed by atoms with Crippen LogP contribution in [0.5, 0.6) is 0 Å². The Hall–Kier alpha value is -0.880. The van der Waals surface area contributed by atoms with Crippen LogP contribution in [0, 0.1) is 0 Å². The standard InChI is InChI=1S/C12H13ClO4S/c1-7(15)18-6-11(16)12(17)9-4-8(5-14)2-3-10(9)13/h2-5,11-12,16-17H,6H2,1H3. The van der Waals surface area contributed by atoms with Crippen LogP contribution in [0.1, 0.15) is 28.9 Å². The summed E-state index contributed by atoms with van der Waals surface area (Å²) >= 11 is 6.81. The quantitative estimate of drug-likeness (QED) is 0.809. The third-order valence-electron chi connectivity index (χ3n) is 2.30. The molecule has 1 aromatic rings. The Labute approximate surface area is 114 Å². The third-order valence-corrected chi connectivity index (χ3v) is 3.56. The maximum absolute atomic E-state index is 10.8. The molecule has 0 spiro atoms. The van der Waals surface area contributed by atoms with Gasteiger partial charge in [-0.2, -0.15) is 0 Å². The van der Waals surface area contributed by atoms with E-state index in [1.54, 1.807) is 0 Å². The molecule has 0 radical (unpaired) electrons. The van der Waals surface area contributed by atoms with Crippen LogP contribution in [-0.2, 0) is 4.79 Å². The predicted octanol–water partition coefficient (Wildman–Crippen LogP) is 1.83. The number of aldehydes is 1. The van der Waals surface area contributed by atoms with Crippen LogP contribution in [0.15, 0.2) is 18.2 Å². The lowest BCUT2D eigenvalue weighted by Gasteiger charge is -2.18. The Kier molecular flexibility index (Phi) is 5.81. The van der Waals surface area contributed by atoms with Crippen LogP contribution in [0.4, 0.5) is 0 Å². The molecule has 0 amide bonds. The van der Waals surface area contributed by atoms with E-state index in [0.717, 1.165) is 11.8 Å². The van der Waals surface area contributed by atoms with Gasteiger partial charge in [0.05, 0.1) is 6.10 Å².